The van der Waals surface area contributed by atoms with Crippen molar-refractivity contribution in [3.63, 3.8) is 0 Å². The first kappa shape index (κ1) is 14.9. The number of aliphatic hydroxyl groups is 1. The van der Waals surface area contributed by atoms with Gasteiger partial charge in [0.1, 0.15) is 0 Å². The molecule has 0 saturated heterocycles. The third-order valence-corrected chi connectivity index (χ3v) is 3.43. The Bertz CT molecular complexity index is 499. The Kier molecular flexibility index (Phi) is 4.73. The molecule has 20 heavy (non-hydrogen) atoms. The average Bonchev–Trinajstić information content (AvgIpc) is 3.27. The number of hydrogen-bond acceptors (Lipinski definition) is 5. The van der Waals surface area contributed by atoms with E-state index >= 15 is 0 Å². The maximum absolute atomic E-state index is 11.3. The largest absolute Gasteiger partial charge is 0.493 e. The quantitative estimate of drug-likeness (QED) is 0.817. The van der Waals surface area contributed by atoms with Gasteiger partial charge in [-0.1, -0.05) is 11.6 Å². The fraction of sp³-hybridized carbons (Fsp3) is 0.500. The van der Waals surface area contributed by atoms with Crippen molar-refractivity contribution in [1.29, 1.82) is 0 Å². The molecule has 0 bridgehead atoms. The molecule has 110 valence electrons. The van der Waals surface area contributed by atoms with Crippen molar-refractivity contribution in [1.82, 2.24) is 0 Å². The summed E-state index contributed by atoms with van der Waals surface area (Å²) < 4.78 is 15.4. The molecule has 0 aliphatic heterocycles. The molecule has 1 aliphatic rings. The van der Waals surface area contributed by atoms with Crippen LogP contribution in [-0.2, 0) is 9.53 Å². The van der Waals surface area contributed by atoms with Crippen LogP contribution in [0.1, 0.15) is 24.5 Å². The number of halogens is 1. The molecule has 1 aromatic carbocycles. The van der Waals surface area contributed by atoms with Gasteiger partial charge in [0, 0.05) is 0 Å². The molecule has 0 spiro atoms. The number of hydrogen-bond donors (Lipinski definition) is 1. The second-order valence-corrected chi connectivity index (χ2v) is 5.12. The Morgan fingerprint density at radius 2 is 2.15 bits per heavy atom. The first-order chi connectivity index (χ1) is 9.56. The van der Waals surface area contributed by atoms with Gasteiger partial charge in [-0.3, -0.25) is 0 Å². The van der Waals surface area contributed by atoms with Gasteiger partial charge in [-0.05, 0) is 36.5 Å². The number of rotatable bonds is 6. The van der Waals surface area contributed by atoms with Gasteiger partial charge in [-0.25, -0.2) is 4.79 Å². The van der Waals surface area contributed by atoms with E-state index in [1.54, 1.807) is 0 Å². The monoisotopic (exact) mass is 300 g/mol. The standard InChI is InChI=1S/C14H17ClO5/c1-18-11-6-9(12(16)14(17)19-2)5-10(15)13(11)20-7-8-3-4-8/h5-6,8,12,16H,3-4,7H2,1-2H3. The fourth-order valence-electron chi connectivity index (χ4n) is 1.77. The van der Waals surface area contributed by atoms with E-state index in [1.165, 1.54) is 39.2 Å². The number of carbonyl (C=O) groups is 1. The van der Waals surface area contributed by atoms with E-state index in [1.807, 2.05) is 0 Å². The molecule has 1 fully saturated rings. The van der Waals surface area contributed by atoms with Gasteiger partial charge in [0.25, 0.3) is 0 Å². The molecule has 1 saturated carbocycles. The number of benzene rings is 1. The molecule has 0 aromatic heterocycles. The molecule has 5 nitrogen and oxygen atoms in total. The normalized spacial score (nSPS) is 15.6. The zero-order chi connectivity index (χ0) is 14.7. The summed E-state index contributed by atoms with van der Waals surface area (Å²) in [6.07, 6.45) is 0.932. The molecule has 0 amide bonds. The summed E-state index contributed by atoms with van der Waals surface area (Å²) in [5.41, 5.74) is 0.303. The predicted octanol–water partition coefficient (Wildman–Crippen LogP) is 2.34. The maximum Gasteiger partial charge on any atom is 0.339 e. The lowest BCUT2D eigenvalue weighted by Gasteiger charge is -2.15. The predicted molar refractivity (Wildman–Crippen MR) is 73.2 cm³/mol. The highest BCUT2D eigenvalue weighted by atomic mass is 35.5. The Morgan fingerprint density at radius 1 is 1.45 bits per heavy atom. The van der Waals surface area contributed by atoms with Gasteiger partial charge in [-0.2, -0.15) is 0 Å². The second-order valence-electron chi connectivity index (χ2n) is 4.71. The molecule has 1 unspecified atom stereocenters. The SMILES string of the molecule is COC(=O)C(O)c1cc(Cl)c(OCC2CC2)c(OC)c1. The molecular formula is C14H17ClO5. The van der Waals surface area contributed by atoms with E-state index in [9.17, 15) is 9.90 Å². The van der Waals surface area contributed by atoms with Gasteiger partial charge in [0.2, 0.25) is 0 Å². The Hall–Kier alpha value is -1.46. The van der Waals surface area contributed by atoms with Crippen molar-refractivity contribution in [2.75, 3.05) is 20.8 Å². The van der Waals surface area contributed by atoms with Crippen LogP contribution in [-0.4, -0.2) is 31.9 Å². The maximum atomic E-state index is 11.3. The minimum Gasteiger partial charge on any atom is -0.493 e. The van der Waals surface area contributed by atoms with E-state index in [2.05, 4.69) is 4.74 Å². The van der Waals surface area contributed by atoms with Crippen LogP contribution in [0, 0.1) is 5.92 Å². The lowest BCUT2D eigenvalue weighted by atomic mass is 10.1. The van der Waals surface area contributed by atoms with E-state index < -0.39 is 12.1 Å². The van der Waals surface area contributed by atoms with Gasteiger partial charge >= 0.3 is 5.97 Å². The van der Waals surface area contributed by atoms with Gasteiger partial charge < -0.3 is 19.3 Å². The lowest BCUT2D eigenvalue weighted by molar-refractivity contribution is -0.150. The molecule has 1 N–H and O–H groups in total. The van der Waals surface area contributed by atoms with Crippen LogP contribution in [0.5, 0.6) is 11.5 Å². The van der Waals surface area contributed by atoms with Crippen LogP contribution in [0.4, 0.5) is 0 Å². The van der Waals surface area contributed by atoms with Crippen molar-refractivity contribution in [3.05, 3.63) is 22.7 Å². The first-order valence-corrected chi connectivity index (χ1v) is 6.70. The summed E-state index contributed by atoms with van der Waals surface area (Å²) >= 11 is 6.14. The highest BCUT2D eigenvalue weighted by Gasteiger charge is 2.25. The van der Waals surface area contributed by atoms with Gasteiger partial charge in [-0.15, -0.1) is 0 Å². The Labute approximate surface area is 122 Å². The van der Waals surface area contributed by atoms with Crippen LogP contribution < -0.4 is 9.47 Å². The zero-order valence-corrected chi connectivity index (χ0v) is 12.1. The minimum absolute atomic E-state index is 0.294. The highest BCUT2D eigenvalue weighted by Crippen LogP contribution is 2.39. The van der Waals surface area contributed by atoms with E-state index in [4.69, 9.17) is 21.1 Å². The summed E-state index contributed by atoms with van der Waals surface area (Å²) in [5.74, 6) is 0.642. The lowest BCUT2D eigenvalue weighted by Crippen LogP contribution is -2.14. The van der Waals surface area contributed by atoms with E-state index in [0.717, 1.165) is 0 Å². The van der Waals surface area contributed by atoms with Crippen molar-refractivity contribution >= 4 is 17.6 Å². The van der Waals surface area contributed by atoms with Crippen molar-refractivity contribution in [2.45, 2.75) is 18.9 Å². The summed E-state index contributed by atoms with van der Waals surface area (Å²) in [6, 6.07) is 3.00. The zero-order valence-electron chi connectivity index (χ0n) is 11.4. The van der Waals surface area contributed by atoms with Crippen LogP contribution in [0.2, 0.25) is 5.02 Å². The molecule has 1 atom stereocenters. The van der Waals surface area contributed by atoms with Crippen molar-refractivity contribution in [3.8, 4) is 11.5 Å². The Morgan fingerprint density at radius 3 is 2.70 bits per heavy atom. The fourth-order valence-corrected chi connectivity index (χ4v) is 2.04. The summed E-state index contributed by atoms with van der Waals surface area (Å²) in [5, 5.41) is 10.1. The van der Waals surface area contributed by atoms with Crippen LogP contribution in [0.15, 0.2) is 12.1 Å². The van der Waals surface area contributed by atoms with E-state index in [0.29, 0.717) is 34.6 Å². The van der Waals surface area contributed by atoms with Gasteiger partial charge in [0.15, 0.2) is 17.6 Å². The van der Waals surface area contributed by atoms with Crippen molar-refractivity contribution < 1.29 is 24.1 Å². The van der Waals surface area contributed by atoms with Crippen LogP contribution in [0.3, 0.4) is 0 Å². The number of carbonyl (C=O) groups excluding carboxylic acids is 1. The third-order valence-electron chi connectivity index (χ3n) is 3.15. The van der Waals surface area contributed by atoms with Crippen LogP contribution >= 0.6 is 11.6 Å². The smallest absolute Gasteiger partial charge is 0.339 e. The molecule has 1 aromatic rings. The molecule has 0 heterocycles. The second kappa shape index (κ2) is 6.33. The minimum atomic E-state index is -1.40. The number of esters is 1. The van der Waals surface area contributed by atoms with Crippen LogP contribution in [0.25, 0.3) is 0 Å². The number of methoxy groups -OCH3 is 2. The third kappa shape index (κ3) is 3.35. The molecule has 1 aliphatic carbocycles. The number of ether oxygens (including phenoxy) is 3. The van der Waals surface area contributed by atoms with Gasteiger partial charge in [0.05, 0.1) is 25.8 Å². The molecule has 0 radical (unpaired) electrons. The van der Waals surface area contributed by atoms with Crippen molar-refractivity contribution in [2.24, 2.45) is 5.92 Å². The summed E-state index contributed by atoms with van der Waals surface area (Å²) in [7, 11) is 2.68. The first-order valence-electron chi connectivity index (χ1n) is 6.33. The highest BCUT2D eigenvalue weighted by molar-refractivity contribution is 6.32. The molecular weight excluding hydrogens is 284 g/mol. The molecule has 6 heteroatoms. The summed E-state index contributed by atoms with van der Waals surface area (Å²) in [6.45, 7) is 0.592. The molecule has 2 rings (SSSR count). The number of aliphatic hydroxyl groups excluding tert-OH is 1. The average molecular weight is 301 g/mol. The topological polar surface area (TPSA) is 65.0 Å². The van der Waals surface area contributed by atoms with E-state index in [-0.39, 0.29) is 0 Å². The Balaban J connectivity index is 2.23. The summed E-state index contributed by atoms with van der Waals surface area (Å²) in [4.78, 5) is 11.3.